The number of anilines is 3. The summed E-state index contributed by atoms with van der Waals surface area (Å²) in [7, 11) is -1.17. The Hall–Kier alpha value is -2.84. The lowest BCUT2D eigenvalue weighted by Crippen LogP contribution is -2.44. The summed E-state index contributed by atoms with van der Waals surface area (Å²) in [6, 6.07) is 14.6. The van der Waals surface area contributed by atoms with Crippen molar-refractivity contribution in [3.63, 3.8) is 0 Å². The van der Waals surface area contributed by atoms with Crippen LogP contribution in [0.15, 0.2) is 54.6 Å². The van der Waals surface area contributed by atoms with Crippen molar-refractivity contribution in [3.05, 3.63) is 60.2 Å². The molecule has 0 saturated carbocycles. The molecule has 3 rings (SSSR count). The second-order valence-corrected chi connectivity index (χ2v) is 8.90. The van der Waals surface area contributed by atoms with Crippen molar-refractivity contribution in [1.82, 2.24) is 4.90 Å². The van der Waals surface area contributed by atoms with E-state index in [1.807, 2.05) is 24.3 Å². The molecule has 0 aliphatic carbocycles. The van der Waals surface area contributed by atoms with E-state index in [9.17, 15) is 13.2 Å². The summed E-state index contributed by atoms with van der Waals surface area (Å²) in [6.07, 6.45) is 4.23. The minimum absolute atomic E-state index is 0.226. The minimum Gasteiger partial charge on any atom is -0.369 e. The van der Waals surface area contributed by atoms with E-state index >= 15 is 0 Å². The largest absolute Gasteiger partial charge is 0.369 e. The molecule has 1 aliphatic rings. The topological polar surface area (TPSA) is 81.8 Å². The van der Waals surface area contributed by atoms with Crippen LogP contribution in [0.2, 0.25) is 0 Å². The normalized spacial score (nSPS) is 15.4. The Balaban J connectivity index is 1.53. The highest BCUT2D eigenvalue weighted by Crippen LogP contribution is 2.19. The van der Waals surface area contributed by atoms with Gasteiger partial charge < -0.3 is 15.1 Å². The van der Waals surface area contributed by atoms with Gasteiger partial charge in [-0.3, -0.25) is 9.52 Å². The molecule has 7 nitrogen and oxygen atoms in total. The number of nitrogens with zero attached hydrogens (tertiary/aromatic N) is 2. The van der Waals surface area contributed by atoms with Crippen molar-refractivity contribution >= 4 is 39.1 Å². The van der Waals surface area contributed by atoms with Gasteiger partial charge in [0.1, 0.15) is 0 Å². The van der Waals surface area contributed by atoms with E-state index in [4.69, 9.17) is 0 Å². The summed E-state index contributed by atoms with van der Waals surface area (Å²) >= 11 is 0. The van der Waals surface area contributed by atoms with Gasteiger partial charge in [0.15, 0.2) is 0 Å². The Bertz CT molecular complexity index is 962. The first-order chi connectivity index (χ1) is 13.8. The SMILES string of the molecule is CN1CCN(c2ccc(NC(=O)/C=C/c3ccc(NS(C)(=O)=O)cc3)cc2)CC1. The number of hydrogen-bond donors (Lipinski definition) is 2. The fraction of sp³-hybridized carbons (Fsp3) is 0.286. The smallest absolute Gasteiger partial charge is 0.248 e. The van der Waals surface area contributed by atoms with Crippen LogP contribution in [0.25, 0.3) is 6.08 Å². The van der Waals surface area contributed by atoms with Crippen molar-refractivity contribution in [2.75, 3.05) is 54.4 Å². The second-order valence-electron chi connectivity index (χ2n) is 7.16. The predicted molar refractivity (Wildman–Crippen MR) is 119 cm³/mol. The van der Waals surface area contributed by atoms with E-state index in [-0.39, 0.29) is 5.91 Å². The van der Waals surface area contributed by atoms with Crippen LogP contribution in [0.1, 0.15) is 5.56 Å². The van der Waals surface area contributed by atoms with E-state index in [0.717, 1.165) is 49.4 Å². The maximum Gasteiger partial charge on any atom is 0.248 e. The molecule has 29 heavy (non-hydrogen) atoms. The summed E-state index contributed by atoms with van der Waals surface area (Å²) in [5.74, 6) is -0.226. The Morgan fingerprint density at radius 2 is 1.52 bits per heavy atom. The zero-order valence-electron chi connectivity index (χ0n) is 16.6. The quantitative estimate of drug-likeness (QED) is 0.710. The van der Waals surface area contributed by atoms with Crippen molar-refractivity contribution in [2.45, 2.75) is 0 Å². The molecule has 0 atom stereocenters. The van der Waals surface area contributed by atoms with Gasteiger partial charge in [-0.05, 0) is 55.1 Å². The third kappa shape index (κ3) is 6.62. The average Bonchev–Trinajstić information content (AvgIpc) is 2.68. The maximum absolute atomic E-state index is 12.2. The number of carbonyl (C=O) groups excluding carboxylic acids is 1. The molecule has 0 spiro atoms. The monoisotopic (exact) mass is 414 g/mol. The van der Waals surface area contributed by atoms with Gasteiger partial charge >= 0.3 is 0 Å². The highest BCUT2D eigenvalue weighted by Gasteiger charge is 2.14. The van der Waals surface area contributed by atoms with Crippen LogP contribution in [0.5, 0.6) is 0 Å². The Labute approximate surface area is 172 Å². The van der Waals surface area contributed by atoms with Gasteiger partial charge in [0.2, 0.25) is 15.9 Å². The number of carbonyl (C=O) groups is 1. The summed E-state index contributed by atoms with van der Waals surface area (Å²) in [5, 5.41) is 2.85. The van der Waals surface area contributed by atoms with Crippen LogP contribution < -0.4 is 14.9 Å². The summed E-state index contributed by atoms with van der Waals surface area (Å²) < 4.78 is 24.8. The number of piperazine rings is 1. The third-order valence-corrected chi connectivity index (χ3v) is 5.25. The maximum atomic E-state index is 12.2. The average molecular weight is 415 g/mol. The van der Waals surface area contributed by atoms with Crippen molar-refractivity contribution in [3.8, 4) is 0 Å². The summed E-state index contributed by atoms with van der Waals surface area (Å²) in [5.41, 5.74) is 3.18. The number of rotatable bonds is 6. The van der Waals surface area contributed by atoms with Crippen molar-refractivity contribution < 1.29 is 13.2 Å². The molecule has 2 aromatic rings. The first-order valence-corrected chi connectivity index (χ1v) is 11.3. The lowest BCUT2D eigenvalue weighted by atomic mass is 10.2. The first kappa shape index (κ1) is 20.9. The molecule has 1 aliphatic heterocycles. The molecule has 1 amide bonds. The molecule has 0 aromatic heterocycles. The van der Waals surface area contributed by atoms with Gasteiger partial charge in [-0.2, -0.15) is 0 Å². The third-order valence-electron chi connectivity index (χ3n) is 4.64. The van der Waals surface area contributed by atoms with E-state index in [1.165, 1.54) is 6.08 Å². The Morgan fingerprint density at radius 3 is 2.10 bits per heavy atom. The van der Waals surface area contributed by atoms with E-state index in [1.54, 1.807) is 30.3 Å². The lowest BCUT2D eigenvalue weighted by Gasteiger charge is -2.34. The van der Waals surface area contributed by atoms with E-state index < -0.39 is 10.0 Å². The molecule has 0 bridgehead atoms. The van der Waals surface area contributed by atoms with Gasteiger partial charge in [-0.1, -0.05) is 12.1 Å². The zero-order chi connectivity index (χ0) is 20.9. The number of benzene rings is 2. The minimum atomic E-state index is -3.30. The van der Waals surface area contributed by atoms with Crippen LogP contribution in [-0.4, -0.2) is 58.7 Å². The van der Waals surface area contributed by atoms with Crippen LogP contribution in [-0.2, 0) is 14.8 Å². The molecule has 2 aromatic carbocycles. The number of hydrogen-bond acceptors (Lipinski definition) is 5. The van der Waals surface area contributed by atoms with Crippen LogP contribution in [0, 0.1) is 0 Å². The van der Waals surface area contributed by atoms with Gasteiger partial charge in [0.05, 0.1) is 6.26 Å². The molecule has 1 fully saturated rings. The molecule has 0 radical (unpaired) electrons. The zero-order valence-corrected chi connectivity index (χ0v) is 17.4. The molecule has 154 valence electrons. The van der Waals surface area contributed by atoms with Crippen LogP contribution in [0.3, 0.4) is 0 Å². The van der Waals surface area contributed by atoms with E-state index in [0.29, 0.717) is 5.69 Å². The number of nitrogens with one attached hydrogen (secondary N) is 2. The number of amides is 1. The Morgan fingerprint density at radius 1 is 0.931 bits per heavy atom. The molecule has 1 heterocycles. The van der Waals surface area contributed by atoms with Gasteiger partial charge in [0.25, 0.3) is 0 Å². The summed E-state index contributed by atoms with van der Waals surface area (Å²) in [4.78, 5) is 16.8. The van der Waals surface area contributed by atoms with Gasteiger partial charge in [-0.25, -0.2) is 8.42 Å². The molecule has 2 N–H and O–H groups in total. The molecular weight excluding hydrogens is 388 g/mol. The fourth-order valence-corrected chi connectivity index (χ4v) is 3.62. The van der Waals surface area contributed by atoms with Crippen molar-refractivity contribution in [1.29, 1.82) is 0 Å². The Kier molecular flexibility index (Phi) is 6.56. The van der Waals surface area contributed by atoms with Crippen LogP contribution in [0.4, 0.5) is 17.1 Å². The van der Waals surface area contributed by atoms with Crippen LogP contribution >= 0.6 is 0 Å². The molecule has 1 saturated heterocycles. The lowest BCUT2D eigenvalue weighted by molar-refractivity contribution is -0.111. The predicted octanol–water partition coefficient (Wildman–Crippen LogP) is 2.46. The number of sulfonamides is 1. The standard InChI is InChI=1S/C21H26N4O3S/c1-24-13-15-25(16-14-24)20-10-8-18(9-11-20)22-21(26)12-5-17-3-6-19(7-4-17)23-29(2,27)28/h3-12,23H,13-16H2,1-2H3,(H,22,26)/b12-5+. The molecule has 0 unspecified atom stereocenters. The van der Waals surface area contributed by atoms with Gasteiger partial charge in [-0.15, -0.1) is 0 Å². The summed E-state index contributed by atoms with van der Waals surface area (Å²) in [6.45, 7) is 4.11. The first-order valence-electron chi connectivity index (χ1n) is 9.39. The number of likely N-dealkylation sites (N-methyl/N-ethyl adjacent to an activating group) is 1. The highest BCUT2D eigenvalue weighted by molar-refractivity contribution is 7.92. The second kappa shape index (κ2) is 9.11. The fourth-order valence-electron chi connectivity index (χ4n) is 3.05. The molecule has 8 heteroatoms. The molecular formula is C21H26N4O3S. The van der Waals surface area contributed by atoms with Gasteiger partial charge in [0, 0.05) is 49.3 Å². The van der Waals surface area contributed by atoms with E-state index in [2.05, 4.69) is 26.9 Å². The highest BCUT2D eigenvalue weighted by atomic mass is 32.2. The van der Waals surface area contributed by atoms with Crippen molar-refractivity contribution in [2.24, 2.45) is 0 Å².